The largest absolute Gasteiger partial charge is 0.461 e. The summed E-state index contributed by atoms with van der Waals surface area (Å²) in [6.45, 7) is 5.65. The molecule has 1 aliphatic heterocycles. The van der Waals surface area contributed by atoms with Gasteiger partial charge in [-0.2, -0.15) is 0 Å². The molecule has 0 radical (unpaired) electrons. The molecule has 4 nitrogen and oxygen atoms in total. The molecule has 4 heteroatoms. The van der Waals surface area contributed by atoms with Gasteiger partial charge in [0.1, 0.15) is 12.7 Å². The van der Waals surface area contributed by atoms with Crippen molar-refractivity contribution in [1.29, 1.82) is 0 Å². The Morgan fingerprint density at radius 3 is 2.76 bits per heavy atom. The summed E-state index contributed by atoms with van der Waals surface area (Å²) in [4.78, 5) is 23.2. The van der Waals surface area contributed by atoms with E-state index in [0.29, 0.717) is 0 Å². The van der Waals surface area contributed by atoms with Crippen LogP contribution in [0, 0.1) is 17.3 Å². The molecule has 2 fully saturated rings. The number of cyclic esters (lactones) is 1. The van der Waals surface area contributed by atoms with E-state index in [2.05, 4.69) is 0 Å². The van der Waals surface area contributed by atoms with Crippen LogP contribution in [0.2, 0.25) is 0 Å². The number of ether oxygens (including phenoxy) is 2. The number of hydrogen-bond donors (Lipinski definition) is 0. The number of carbonyl (C=O) groups is 2. The molecule has 2 rings (SSSR count). The standard InChI is InChI=1S/C13H20O4/c1-13(2,3)12(15)16-7-10-8-5-4-6-9(8)11(14)17-10/h8-10H,4-7H2,1-3H3. The molecule has 17 heavy (non-hydrogen) atoms. The van der Waals surface area contributed by atoms with E-state index in [4.69, 9.17) is 9.47 Å². The third-order valence-corrected chi connectivity index (χ3v) is 3.61. The molecule has 2 aliphatic rings. The van der Waals surface area contributed by atoms with E-state index in [1.54, 1.807) is 0 Å². The van der Waals surface area contributed by atoms with Crippen molar-refractivity contribution in [3.05, 3.63) is 0 Å². The van der Waals surface area contributed by atoms with E-state index in [0.717, 1.165) is 19.3 Å². The van der Waals surface area contributed by atoms with E-state index >= 15 is 0 Å². The zero-order valence-corrected chi connectivity index (χ0v) is 10.7. The number of rotatable bonds is 2. The summed E-state index contributed by atoms with van der Waals surface area (Å²) in [6, 6.07) is 0. The molecule has 1 saturated heterocycles. The van der Waals surface area contributed by atoms with Crippen LogP contribution in [0.4, 0.5) is 0 Å². The highest BCUT2D eigenvalue weighted by Gasteiger charge is 2.47. The van der Waals surface area contributed by atoms with Crippen LogP contribution in [0.25, 0.3) is 0 Å². The minimum Gasteiger partial charge on any atom is -0.461 e. The Morgan fingerprint density at radius 2 is 2.12 bits per heavy atom. The molecule has 0 spiro atoms. The maximum absolute atomic E-state index is 11.6. The van der Waals surface area contributed by atoms with Crippen LogP contribution in [0.3, 0.4) is 0 Å². The van der Waals surface area contributed by atoms with Crippen LogP contribution in [-0.4, -0.2) is 24.6 Å². The van der Waals surface area contributed by atoms with Gasteiger partial charge in [0.05, 0.1) is 11.3 Å². The normalized spacial score (nSPS) is 32.2. The molecule has 0 amide bonds. The molecule has 1 saturated carbocycles. The Kier molecular flexibility index (Phi) is 3.15. The van der Waals surface area contributed by atoms with Crippen molar-refractivity contribution in [3.63, 3.8) is 0 Å². The van der Waals surface area contributed by atoms with Crippen LogP contribution in [0.5, 0.6) is 0 Å². The Bertz CT molecular complexity index is 329. The van der Waals surface area contributed by atoms with Crippen LogP contribution in [0.1, 0.15) is 40.0 Å². The van der Waals surface area contributed by atoms with Gasteiger partial charge in [-0.3, -0.25) is 9.59 Å². The Labute approximate surface area is 102 Å². The highest BCUT2D eigenvalue weighted by Crippen LogP contribution is 2.41. The van der Waals surface area contributed by atoms with Crippen molar-refractivity contribution in [2.45, 2.75) is 46.1 Å². The summed E-state index contributed by atoms with van der Waals surface area (Å²) < 4.78 is 10.5. The molecule has 0 N–H and O–H groups in total. The van der Waals surface area contributed by atoms with Gasteiger partial charge in [-0.05, 0) is 33.6 Å². The monoisotopic (exact) mass is 240 g/mol. The summed E-state index contributed by atoms with van der Waals surface area (Å²) >= 11 is 0. The van der Waals surface area contributed by atoms with Crippen LogP contribution in [-0.2, 0) is 19.1 Å². The second-order valence-electron chi connectivity index (χ2n) is 6.03. The van der Waals surface area contributed by atoms with E-state index in [-0.39, 0.29) is 36.5 Å². The average molecular weight is 240 g/mol. The lowest BCUT2D eigenvalue weighted by Gasteiger charge is -2.20. The second kappa shape index (κ2) is 4.31. The predicted octanol–water partition coefficient (Wildman–Crippen LogP) is 1.92. The zero-order valence-electron chi connectivity index (χ0n) is 10.7. The molecule has 0 bridgehead atoms. The Morgan fingerprint density at radius 1 is 1.41 bits per heavy atom. The first-order valence-corrected chi connectivity index (χ1v) is 6.27. The van der Waals surface area contributed by atoms with Gasteiger partial charge in [-0.25, -0.2) is 0 Å². The molecule has 0 aromatic rings. The van der Waals surface area contributed by atoms with E-state index in [9.17, 15) is 9.59 Å². The lowest BCUT2D eigenvalue weighted by atomic mass is 9.94. The molecule has 0 aromatic heterocycles. The van der Waals surface area contributed by atoms with Crippen LogP contribution < -0.4 is 0 Å². The molecule has 3 atom stereocenters. The molecule has 96 valence electrons. The van der Waals surface area contributed by atoms with Gasteiger partial charge >= 0.3 is 11.9 Å². The van der Waals surface area contributed by atoms with Crippen molar-refractivity contribution in [3.8, 4) is 0 Å². The first-order valence-electron chi connectivity index (χ1n) is 6.27. The molecule has 0 aromatic carbocycles. The fourth-order valence-corrected chi connectivity index (χ4v) is 2.58. The lowest BCUT2D eigenvalue weighted by Crippen LogP contribution is -2.29. The van der Waals surface area contributed by atoms with Crippen molar-refractivity contribution in [2.75, 3.05) is 6.61 Å². The number of fused-ring (bicyclic) bond motifs is 1. The van der Waals surface area contributed by atoms with Crippen LogP contribution in [0.15, 0.2) is 0 Å². The number of carbonyl (C=O) groups excluding carboxylic acids is 2. The van der Waals surface area contributed by atoms with Gasteiger partial charge in [0.15, 0.2) is 0 Å². The van der Waals surface area contributed by atoms with Gasteiger partial charge in [-0.15, -0.1) is 0 Å². The van der Waals surface area contributed by atoms with Gasteiger partial charge in [0.25, 0.3) is 0 Å². The second-order valence-corrected chi connectivity index (χ2v) is 6.03. The molecular weight excluding hydrogens is 220 g/mol. The summed E-state index contributed by atoms with van der Waals surface area (Å²) in [5.74, 6) is -0.0390. The van der Waals surface area contributed by atoms with Crippen molar-refractivity contribution >= 4 is 11.9 Å². The van der Waals surface area contributed by atoms with Crippen molar-refractivity contribution < 1.29 is 19.1 Å². The van der Waals surface area contributed by atoms with E-state index < -0.39 is 5.41 Å². The molecular formula is C13H20O4. The highest BCUT2D eigenvalue weighted by atomic mass is 16.6. The third-order valence-electron chi connectivity index (χ3n) is 3.61. The van der Waals surface area contributed by atoms with Gasteiger partial charge < -0.3 is 9.47 Å². The average Bonchev–Trinajstić information content (AvgIpc) is 2.78. The van der Waals surface area contributed by atoms with Gasteiger partial charge in [0, 0.05) is 5.92 Å². The molecule has 1 aliphatic carbocycles. The number of hydrogen-bond acceptors (Lipinski definition) is 4. The zero-order chi connectivity index (χ0) is 12.6. The first kappa shape index (κ1) is 12.4. The van der Waals surface area contributed by atoms with E-state index in [1.165, 1.54) is 0 Å². The quantitative estimate of drug-likeness (QED) is 0.692. The summed E-state index contributed by atoms with van der Waals surface area (Å²) in [5.41, 5.74) is -0.502. The number of esters is 2. The van der Waals surface area contributed by atoms with E-state index in [1.807, 2.05) is 20.8 Å². The van der Waals surface area contributed by atoms with Gasteiger partial charge in [0.2, 0.25) is 0 Å². The first-order chi connectivity index (χ1) is 7.89. The SMILES string of the molecule is CC(C)(C)C(=O)OCC1OC(=O)C2CCCC12. The minimum absolute atomic E-state index is 0.0494. The summed E-state index contributed by atoms with van der Waals surface area (Å²) in [5, 5.41) is 0. The summed E-state index contributed by atoms with van der Waals surface area (Å²) in [7, 11) is 0. The topological polar surface area (TPSA) is 52.6 Å². The predicted molar refractivity (Wildman–Crippen MR) is 61.1 cm³/mol. The molecule has 3 unspecified atom stereocenters. The smallest absolute Gasteiger partial charge is 0.311 e. The van der Waals surface area contributed by atoms with Crippen LogP contribution >= 0.6 is 0 Å². The third kappa shape index (κ3) is 2.45. The van der Waals surface area contributed by atoms with Crippen molar-refractivity contribution in [1.82, 2.24) is 0 Å². The highest BCUT2D eigenvalue weighted by molar-refractivity contribution is 5.76. The fourth-order valence-electron chi connectivity index (χ4n) is 2.58. The lowest BCUT2D eigenvalue weighted by molar-refractivity contribution is -0.160. The Hall–Kier alpha value is -1.06. The minimum atomic E-state index is -0.502. The maximum Gasteiger partial charge on any atom is 0.311 e. The van der Waals surface area contributed by atoms with Crippen molar-refractivity contribution in [2.24, 2.45) is 17.3 Å². The molecule has 1 heterocycles. The summed E-state index contributed by atoms with van der Waals surface area (Å²) in [6.07, 6.45) is 2.79. The Balaban J connectivity index is 1.88. The van der Waals surface area contributed by atoms with Gasteiger partial charge in [-0.1, -0.05) is 6.42 Å². The fraction of sp³-hybridized carbons (Fsp3) is 0.846. The maximum atomic E-state index is 11.6.